The molecule has 1 saturated carbocycles. The van der Waals surface area contributed by atoms with Crippen LogP contribution < -0.4 is 0 Å². The van der Waals surface area contributed by atoms with Gasteiger partial charge >= 0.3 is 0 Å². The van der Waals surface area contributed by atoms with Gasteiger partial charge in [0.2, 0.25) is 0 Å². The number of carbonyl (C=O) groups is 1. The molecule has 4 rings (SSSR count). The molecule has 2 heterocycles. The SMILES string of the molecule is Cc1cc(C(=O)N(Cc2ccc3[nH]ccc3c2)C2CC2)nc(C)n1. The first kappa shape index (κ1) is 14.9. The van der Waals surface area contributed by atoms with Gasteiger partial charge in [-0.25, -0.2) is 9.97 Å². The van der Waals surface area contributed by atoms with Crippen LogP contribution in [0.15, 0.2) is 36.5 Å². The van der Waals surface area contributed by atoms with E-state index in [2.05, 4.69) is 39.2 Å². The van der Waals surface area contributed by atoms with E-state index in [1.54, 1.807) is 6.07 Å². The number of hydrogen-bond donors (Lipinski definition) is 1. The van der Waals surface area contributed by atoms with Crippen LogP contribution in [-0.2, 0) is 6.54 Å². The highest BCUT2D eigenvalue weighted by molar-refractivity contribution is 5.93. The van der Waals surface area contributed by atoms with Gasteiger partial charge in [0.15, 0.2) is 0 Å². The Morgan fingerprint density at radius 3 is 2.79 bits per heavy atom. The number of aryl methyl sites for hydroxylation is 2. The summed E-state index contributed by atoms with van der Waals surface area (Å²) in [6, 6.07) is 10.5. The molecular weight excluding hydrogens is 300 g/mol. The number of rotatable bonds is 4. The number of fused-ring (bicyclic) bond motifs is 1. The number of carbonyl (C=O) groups excluding carboxylic acids is 1. The van der Waals surface area contributed by atoms with E-state index in [1.807, 2.05) is 24.9 Å². The number of aromatic nitrogens is 3. The van der Waals surface area contributed by atoms with Gasteiger partial charge in [0.25, 0.3) is 5.91 Å². The van der Waals surface area contributed by atoms with Crippen molar-refractivity contribution in [1.82, 2.24) is 19.9 Å². The van der Waals surface area contributed by atoms with Crippen molar-refractivity contribution in [2.45, 2.75) is 39.3 Å². The summed E-state index contributed by atoms with van der Waals surface area (Å²) in [5.74, 6) is 0.642. The van der Waals surface area contributed by atoms with E-state index in [-0.39, 0.29) is 5.91 Å². The second-order valence-electron chi connectivity index (χ2n) is 6.51. The molecule has 1 fully saturated rings. The Balaban J connectivity index is 1.62. The van der Waals surface area contributed by atoms with E-state index in [4.69, 9.17) is 0 Å². The van der Waals surface area contributed by atoms with E-state index >= 15 is 0 Å². The van der Waals surface area contributed by atoms with Crippen LogP contribution in [0.25, 0.3) is 10.9 Å². The van der Waals surface area contributed by atoms with Crippen LogP contribution in [0, 0.1) is 13.8 Å². The first-order valence-electron chi connectivity index (χ1n) is 8.29. The zero-order chi connectivity index (χ0) is 16.7. The summed E-state index contributed by atoms with van der Waals surface area (Å²) in [6.07, 6.45) is 4.08. The van der Waals surface area contributed by atoms with Crippen molar-refractivity contribution in [2.75, 3.05) is 0 Å². The normalized spacial score (nSPS) is 14.1. The zero-order valence-electron chi connectivity index (χ0n) is 13.9. The molecule has 2 aromatic heterocycles. The Bertz CT molecular complexity index is 890. The van der Waals surface area contributed by atoms with Gasteiger partial charge in [0.05, 0.1) is 0 Å². The average molecular weight is 320 g/mol. The third kappa shape index (κ3) is 2.89. The molecule has 0 spiro atoms. The molecule has 0 unspecified atom stereocenters. The fourth-order valence-corrected chi connectivity index (χ4v) is 3.12. The Morgan fingerprint density at radius 1 is 1.21 bits per heavy atom. The number of amides is 1. The Kier molecular flexibility index (Phi) is 3.56. The van der Waals surface area contributed by atoms with E-state index in [9.17, 15) is 4.79 Å². The quantitative estimate of drug-likeness (QED) is 0.801. The standard InChI is InChI=1S/C19H20N4O/c1-12-9-18(22-13(2)21-12)19(24)23(16-4-5-16)11-14-3-6-17-15(10-14)7-8-20-17/h3,6-10,16,20H,4-5,11H2,1-2H3. The predicted octanol–water partition coefficient (Wildman–Crippen LogP) is 3.38. The molecule has 24 heavy (non-hydrogen) atoms. The van der Waals surface area contributed by atoms with Gasteiger partial charge < -0.3 is 9.88 Å². The van der Waals surface area contributed by atoms with E-state index in [0.717, 1.165) is 29.6 Å². The fourth-order valence-electron chi connectivity index (χ4n) is 3.12. The van der Waals surface area contributed by atoms with E-state index in [0.29, 0.717) is 24.1 Å². The molecule has 1 aliphatic rings. The fraction of sp³-hybridized carbons (Fsp3) is 0.316. The summed E-state index contributed by atoms with van der Waals surface area (Å²) < 4.78 is 0. The van der Waals surface area contributed by atoms with Gasteiger partial charge in [-0.1, -0.05) is 6.07 Å². The van der Waals surface area contributed by atoms with Gasteiger partial charge in [-0.15, -0.1) is 0 Å². The third-order valence-electron chi connectivity index (χ3n) is 4.40. The van der Waals surface area contributed by atoms with Crippen LogP contribution in [0.3, 0.4) is 0 Å². The minimum atomic E-state index is 0.000246. The molecule has 1 aliphatic carbocycles. The minimum absolute atomic E-state index is 0.000246. The van der Waals surface area contributed by atoms with E-state index < -0.39 is 0 Å². The maximum Gasteiger partial charge on any atom is 0.273 e. The van der Waals surface area contributed by atoms with Gasteiger partial charge in [0, 0.05) is 30.0 Å². The molecule has 5 nitrogen and oxygen atoms in total. The lowest BCUT2D eigenvalue weighted by atomic mass is 10.1. The Labute approximate surface area is 140 Å². The number of benzene rings is 1. The van der Waals surface area contributed by atoms with Crippen LogP contribution in [-0.4, -0.2) is 31.8 Å². The smallest absolute Gasteiger partial charge is 0.273 e. The summed E-state index contributed by atoms with van der Waals surface area (Å²) >= 11 is 0. The van der Waals surface area contributed by atoms with Crippen LogP contribution in [0.1, 0.15) is 40.4 Å². The van der Waals surface area contributed by atoms with Crippen molar-refractivity contribution >= 4 is 16.8 Å². The van der Waals surface area contributed by atoms with Crippen molar-refractivity contribution in [1.29, 1.82) is 0 Å². The predicted molar refractivity (Wildman–Crippen MR) is 92.7 cm³/mol. The van der Waals surface area contributed by atoms with Gasteiger partial charge in [-0.2, -0.15) is 0 Å². The summed E-state index contributed by atoms with van der Waals surface area (Å²) in [5, 5.41) is 1.17. The van der Waals surface area contributed by atoms with Crippen LogP contribution in [0.4, 0.5) is 0 Å². The van der Waals surface area contributed by atoms with Crippen LogP contribution >= 0.6 is 0 Å². The van der Waals surface area contributed by atoms with E-state index in [1.165, 1.54) is 5.39 Å². The minimum Gasteiger partial charge on any atom is -0.361 e. The lowest BCUT2D eigenvalue weighted by Crippen LogP contribution is -2.33. The molecule has 1 amide bonds. The summed E-state index contributed by atoms with van der Waals surface area (Å²) in [6.45, 7) is 4.34. The number of nitrogens with one attached hydrogen (secondary N) is 1. The molecule has 1 aromatic carbocycles. The summed E-state index contributed by atoms with van der Waals surface area (Å²) in [5.41, 5.74) is 3.58. The Hall–Kier alpha value is -2.69. The molecule has 0 atom stereocenters. The molecule has 3 aromatic rings. The third-order valence-corrected chi connectivity index (χ3v) is 4.40. The maximum absolute atomic E-state index is 13.0. The van der Waals surface area contributed by atoms with Crippen molar-refractivity contribution in [3.63, 3.8) is 0 Å². The first-order chi connectivity index (χ1) is 11.6. The topological polar surface area (TPSA) is 61.9 Å². The van der Waals surface area contributed by atoms with Gasteiger partial charge in [-0.3, -0.25) is 4.79 Å². The van der Waals surface area contributed by atoms with Crippen molar-refractivity contribution < 1.29 is 4.79 Å². The highest BCUT2D eigenvalue weighted by atomic mass is 16.2. The molecule has 0 saturated heterocycles. The van der Waals surface area contributed by atoms with Crippen molar-refractivity contribution in [3.8, 4) is 0 Å². The molecule has 122 valence electrons. The largest absolute Gasteiger partial charge is 0.361 e. The van der Waals surface area contributed by atoms with Gasteiger partial charge in [0.1, 0.15) is 11.5 Å². The first-order valence-corrected chi connectivity index (χ1v) is 8.29. The maximum atomic E-state index is 13.0. The summed E-state index contributed by atoms with van der Waals surface area (Å²) in [7, 11) is 0. The molecule has 0 aliphatic heterocycles. The lowest BCUT2D eigenvalue weighted by molar-refractivity contribution is 0.0723. The molecule has 0 bridgehead atoms. The zero-order valence-corrected chi connectivity index (χ0v) is 13.9. The molecular formula is C19H20N4O. The number of aromatic amines is 1. The number of nitrogens with zero attached hydrogens (tertiary/aromatic N) is 3. The average Bonchev–Trinajstić information content (AvgIpc) is 3.28. The second kappa shape index (κ2) is 5.74. The van der Waals surface area contributed by atoms with Crippen molar-refractivity contribution in [3.05, 3.63) is 59.3 Å². The monoisotopic (exact) mass is 320 g/mol. The second-order valence-corrected chi connectivity index (χ2v) is 6.51. The highest BCUT2D eigenvalue weighted by Gasteiger charge is 2.33. The Morgan fingerprint density at radius 2 is 2.04 bits per heavy atom. The van der Waals surface area contributed by atoms with Gasteiger partial charge in [-0.05, 0) is 61.9 Å². The number of hydrogen-bond acceptors (Lipinski definition) is 3. The lowest BCUT2D eigenvalue weighted by Gasteiger charge is -2.22. The summed E-state index contributed by atoms with van der Waals surface area (Å²) in [4.78, 5) is 26.7. The van der Waals surface area contributed by atoms with Crippen LogP contribution in [0.2, 0.25) is 0 Å². The molecule has 5 heteroatoms. The van der Waals surface area contributed by atoms with Crippen molar-refractivity contribution in [2.24, 2.45) is 0 Å². The van der Waals surface area contributed by atoms with Crippen LogP contribution in [0.5, 0.6) is 0 Å². The molecule has 1 N–H and O–H groups in total. The molecule has 0 radical (unpaired) electrons. The number of H-pyrrole nitrogens is 1. The highest BCUT2D eigenvalue weighted by Crippen LogP contribution is 2.30.